The first-order valence-corrected chi connectivity index (χ1v) is 10.6. The summed E-state index contributed by atoms with van der Waals surface area (Å²) in [4.78, 5) is 36.4. The number of rotatable bonds is 6. The highest BCUT2D eigenvalue weighted by atomic mass is 16.5. The van der Waals surface area contributed by atoms with Crippen molar-refractivity contribution in [3.63, 3.8) is 0 Å². The molecule has 4 rings (SSSR count). The summed E-state index contributed by atoms with van der Waals surface area (Å²) in [5.41, 5.74) is 5.11. The lowest BCUT2D eigenvalue weighted by molar-refractivity contribution is -0.130. The van der Waals surface area contributed by atoms with Crippen LogP contribution in [-0.4, -0.2) is 17.9 Å². The van der Waals surface area contributed by atoms with Crippen LogP contribution in [0.25, 0.3) is 11.1 Å². The smallest absolute Gasteiger partial charge is 0.343 e. The van der Waals surface area contributed by atoms with Crippen molar-refractivity contribution in [2.24, 2.45) is 0 Å². The molecular weight excluding hydrogens is 432 g/mol. The van der Waals surface area contributed by atoms with Gasteiger partial charge in [-0.25, -0.2) is 14.4 Å². The van der Waals surface area contributed by atoms with E-state index in [4.69, 9.17) is 14.2 Å². The van der Waals surface area contributed by atoms with E-state index in [-0.39, 0.29) is 11.5 Å². The Labute approximate surface area is 197 Å². The largest absolute Gasteiger partial charge is 0.432 e. The predicted octanol–water partition coefficient (Wildman–Crippen LogP) is 5.82. The average Bonchev–Trinajstić information content (AvgIpc) is 3.11. The van der Waals surface area contributed by atoms with Crippen LogP contribution in [0.4, 0.5) is 0 Å². The Morgan fingerprint density at radius 2 is 1.29 bits per heavy atom. The average molecular weight is 454 g/mol. The Morgan fingerprint density at radius 1 is 0.794 bits per heavy atom. The molecule has 34 heavy (non-hydrogen) atoms. The number of esters is 3. The molecule has 0 fully saturated rings. The van der Waals surface area contributed by atoms with Crippen molar-refractivity contribution < 1.29 is 28.6 Å². The molecule has 6 heteroatoms. The summed E-state index contributed by atoms with van der Waals surface area (Å²) in [6.45, 7) is 10.5. The van der Waals surface area contributed by atoms with Gasteiger partial charge in [0.2, 0.25) is 0 Å². The number of fused-ring (bicyclic) bond motifs is 3. The third-order valence-corrected chi connectivity index (χ3v) is 5.58. The first kappa shape index (κ1) is 22.7. The van der Waals surface area contributed by atoms with Crippen molar-refractivity contribution in [2.45, 2.75) is 19.8 Å². The van der Waals surface area contributed by atoms with Crippen LogP contribution in [-0.2, 0) is 9.53 Å². The molecule has 1 aliphatic rings. The minimum absolute atomic E-state index is 0.0171. The standard InChI is InChI=1S/C28H22O6/c1-5-32-27(30)18-6-12-22-23-13-7-19(15-25(23)17(4)24(22)14-18)28(31)34-21-10-8-20(9-11-21)33-26(29)16(2)3/h5-15,17H,1-2H2,3-4H3. The Bertz CT molecular complexity index is 1330. The molecule has 3 aromatic rings. The van der Waals surface area contributed by atoms with Crippen molar-refractivity contribution in [3.8, 4) is 22.6 Å². The Hall–Kier alpha value is -4.45. The zero-order valence-corrected chi connectivity index (χ0v) is 18.8. The van der Waals surface area contributed by atoms with Gasteiger partial charge in [0.05, 0.1) is 17.4 Å². The van der Waals surface area contributed by atoms with Crippen LogP contribution in [0.5, 0.6) is 11.5 Å². The van der Waals surface area contributed by atoms with Crippen molar-refractivity contribution in [2.75, 3.05) is 0 Å². The van der Waals surface area contributed by atoms with E-state index in [0.717, 1.165) is 28.5 Å². The molecule has 1 unspecified atom stereocenters. The highest BCUT2D eigenvalue weighted by molar-refractivity contribution is 5.95. The Morgan fingerprint density at radius 3 is 1.79 bits per heavy atom. The minimum atomic E-state index is -0.525. The monoisotopic (exact) mass is 454 g/mol. The van der Waals surface area contributed by atoms with Crippen LogP contribution in [0.1, 0.15) is 51.6 Å². The summed E-state index contributed by atoms with van der Waals surface area (Å²) in [5.74, 6) is -0.867. The lowest BCUT2D eigenvalue weighted by Gasteiger charge is -2.10. The molecule has 0 amide bonds. The van der Waals surface area contributed by atoms with Gasteiger partial charge in [0.15, 0.2) is 0 Å². The van der Waals surface area contributed by atoms with E-state index in [1.165, 1.54) is 0 Å². The number of hydrogen-bond donors (Lipinski definition) is 0. The van der Waals surface area contributed by atoms with Crippen LogP contribution in [0.2, 0.25) is 0 Å². The molecule has 0 heterocycles. The maximum Gasteiger partial charge on any atom is 0.343 e. The molecule has 1 aliphatic carbocycles. The summed E-state index contributed by atoms with van der Waals surface area (Å²) in [7, 11) is 0. The fourth-order valence-electron chi connectivity index (χ4n) is 3.83. The second-order valence-corrected chi connectivity index (χ2v) is 7.93. The van der Waals surface area contributed by atoms with Gasteiger partial charge in [0.25, 0.3) is 0 Å². The summed E-state index contributed by atoms with van der Waals surface area (Å²) < 4.78 is 15.5. The van der Waals surface area contributed by atoms with Crippen LogP contribution < -0.4 is 9.47 Å². The van der Waals surface area contributed by atoms with Crippen molar-refractivity contribution in [3.05, 3.63) is 108 Å². The van der Waals surface area contributed by atoms with Crippen LogP contribution in [0.3, 0.4) is 0 Å². The molecule has 1 atom stereocenters. The van der Waals surface area contributed by atoms with Crippen LogP contribution >= 0.6 is 0 Å². The fraction of sp³-hybridized carbons (Fsp3) is 0.107. The molecule has 0 aromatic heterocycles. The van der Waals surface area contributed by atoms with Gasteiger partial charge < -0.3 is 14.2 Å². The molecule has 6 nitrogen and oxygen atoms in total. The first-order valence-electron chi connectivity index (χ1n) is 10.6. The topological polar surface area (TPSA) is 78.9 Å². The van der Waals surface area contributed by atoms with E-state index in [1.807, 2.05) is 31.2 Å². The molecule has 0 saturated heterocycles. The lowest BCUT2D eigenvalue weighted by Crippen LogP contribution is -2.10. The molecule has 0 N–H and O–H groups in total. The second kappa shape index (κ2) is 9.19. The van der Waals surface area contributed by atoms with Crippen molar-refractivity contribution >= 4 is 17.9 Å². The van der Waals surface area contributed by atoms with E-state index < -0.39 is 17.9 Å². The van der Waals surface area contributed by atoms with Gasteiger partial charge in [-0.1, -0.05) is 32.2 Å². The molecular formula is C28H22O6. The molecule has 0 aliphatic heterocycles. The minimum Gasteiger partial charge on any atom is -0.432 e. The van der Waals surface area contributed by atoms with Gasteiger partial charge in [0.1, 0.15) is 11.5 Å². The van der Waals surface area contributed by atoms with E-state index in [1.54, 1.807) is 43.3 Å². The highest BCUT2D eigenvalue weighted by Crippen LogP contribution is 2.45. The van der Waals surface area contributed by atoms with Gasteiger partial charge in [-0.05, 0) is 77.7 Å². The predicted molar refractivity (Wildman–Crippen MR) is 127 cm³/mol. The second-order valence-electron chi connectivity index (χ2n) is 7.93. The molecule has 3 aromatic carbocycles. The quantitative estimate of drug-likeness (QED) is 0.202. The van der Waals surface area contributed by atoms with Gasteiger partial charge >= 0.3 is 17.9 Å². The molecule has 0 spiro atoms. The normalized spacial score (nSPS) is 13.3. The Balaban J connectivity index is 1.51. The molecule has 0 saturated carbocycles. The van der Waals surface area contributed by atoms with E-state index in [9.17, 15) is 14.4 Å². The summed E-state index contributed by atoms with van der Waals surface area (Å²) >= 11 is 0. The number of hydrogen-bond acceptors (Lipinski definition) is 6. The summed E-state index contributed by atoms with van der Waals surface area (Å²) in [6, 6.07) is 17.0. The zero-order chi connectivity index (χ0) is 24.4. The van der Waals surface area contributed by atoms with E-state index >= 15 is 0 Å². The van der Waals surface area contributed by atoms with Crippen molar-refractivity contribution in [1.82, 2.24) is 0 Å². The summed E-state index contributed by atoms with van der Waals surface area (Å²) in [6.07, 6.45) is 1.11. The fourth-order valence-corrected chi connectivity index (χ4v) is 3.83. The first-order chi connectivity index (χ1) is 16.3. The third-order valence-electron chi connectivity index (χ3n) is 5.58. The van der Waals surface area contributed by atoms with Gasteiger partial charge in [-0.15, -0.1) is 0 Å². The summed E-state index contributed by atoms with van der Waals surface area (Å²) in [5, 5.41) is 0. The number of carbonyl (C=O) groups is 3. The number of benzene rings is 3. The Kier molecular flexibility index (Phi) is 6.15. The SMILES string of the molecule is C=COC(=O)c1ccc2c(c1)C(C)c1cc(C(=O)Oc3ccc(OC(=O)C(=C)C)cc3)ccc1-2. The van der Waals surface area contributed by atoms with Crippen LogP contribution in [0, 0.1) is 0 Å². The van der Waals surface area contributed by atoms with Crippen molar-refractivity contribution in [1.29, 1.82) is 0 Å². The zero-order valence-electron chi connectivity index (χ0n) is 18.8. The number of carbonyl (C=O) groups excluding carboxylic acids is 3. The lowest BCUT2D eigenvalue weighted by atomic mass is 9.97. The van der Waals surface area contributed by atoms with Gasteiger partial charge in [-0.3, -0.25) is 0 Å². The highest BCUT2D eigenvalue weighted by Gasteiger charge is 2.28. The maximum absolute atomic E-state index is 12.8. The maximum atomic E-state index is 12.8. The van der Waals surface area contributed by atoms with Gasteiger partial charge in [0, 0.05) is 11.5 Å². The number of ether oxygens (including phenoxy) is 3. The van der Waals surface area contributed by atoms with Gasteiger partial charge in [-0.2, -0.15) is 0 Å². The van der Waals surface area contributed by atoms with E-state index in [0.29, 0.717) is 22.6 Å². The van der Waals surface area contributed by atoms with Crippen LogP contribution in [0.15, 0.2) is 85.7 Å². The molecule has 0 bridgehead atoms. The molecule has 0 radical (unpaired) electrons. The third kappa shape index (κ3) is 4.38. The van der Waals surface area contributed by atoms with E-state index in [2.05, 4.69) is 13.2 Å². The molecule has 170 valence electrons.